The lowest BCUT2D eigenvalue weighted by Crippen LogP contribution is -2.12. The number of Topliss-reactive ketones (excluding diaryl/α,β-unsaturated/α-hetero) is 1. The molecule has 4 aromatic rings. The van der Waals surface area contributed by atoms with Gasteiger partial charge in [0, 0.05) is 10.5 Å². The molecule has 2 heterocycles. The number of fused-ring (bicyclic) bond motifs is 1. The summed E-state index contributed by atoms with van der Waals surface area (Å²) in [5.74, 6) is -0.916. The molecule has 0 saturated carbocycles. The van der Waals surface area contributed by atoms with E-state index in [1.165, 1.54) is 50.1 Å². The van der Waals surface area contributed by atoms with Gasteiger partial charge in [-0.15, -0.1) is 11.8 Å². The van der Waals surface area contributed by atoms with E-state index in [0.717, 1.165) is 12.5 Å². The van der Waals surface area contributed by atoms with Crippen LogP contribution >= 0.6 is 11.8 Å². The third-order valence-electron chi connectivity index (χ3n) is 6.96. The van der Waals surface area contributed by atoms with Crippen LogP contribution in [0.2, 0.25) is 0 Å². The number of carbonyl (C=O) groups is 3. The molecule has 0 bridgehead atoms. The van der Waals surface area contributed by atoms with Crippen LogP contribution < -0.4 is 14.9 Å². The summed E-state index contributed by atoms with van der Waals surface area (Å²) in [5.41, 5.74) is 0.437. The number of aliphatic hydroxyl groups is 1. The zero-order chi connectivity index (χ0) is 34.8. The summed E-state index contributed by atoms with van der Waals surface area (Å²) in [4.78, 5) is 47.7. The molecule has 0 fully saturated rings. The molecule has 0 spiro atoms. The van der Waals surface area contributed by atoms with Gasteiger partial charge in [0.05, 0.1) is 36.0 Å². The maximum Gasteiger partial charge on any atom is 0.513 e. The summed E-state index contributed by atoms with van der Waals surface area (Å²) in [6.45, 7) is 3.67. The molecule has 0 aliphatic carbocycles. The van der Waals surface area contributed by atoms with Gasteiger partial charge in [0.15, 0.2) is 11.2 Å². The molecule has 12 nitrogen and oxygen atoms in total. The van der Waals surface area contributed by atoms with Gasteiger partial charge in [-0.3, -0.25) is 9.59 Å². The zero-order valence-electron chi connectivity index (χ0n) is 26.3. The Bertz CT molecular complexity index is 1900. The highest BCUT2D eigenvalue weighted by Gasteiger charge is 2.25. The number of phenols is 1. The summed E-state index contributed by atoms with van der Waals surface area (Å²) < 4.78 is 26.1. The third-order valence-corrected chi connectivity index (χ3v) is 8.18. The molecule has 0 aliphatic heterocycles. The van der Waals surface area contributed by atoms with Crippen molar-refractivity contribution in [2.45, 2.75) is 49.4 Å². The SMILES string of the molecule is CCCc1c(OCC/C=C\C=C\[C@H](Sc2ccc3c(=O)cc(OC(=O)O)oc3c2)[C@H](O)c2ccc(C(=O)OC)o2)ccc(C(C)=O)c1O. The number of hydrogen-bond acceptors (Lipinski definition) is 12. The lowest BCUT2D eigenvalue weighted by atomic mass is 10.0. The van der Waals surface area contributed by atoms with Crippen LogP contribution in [0.25, 0.3) is 11.0 Å². The van der Waals surface area contributed by atoms with E-state index in [9.17, 15) is 29.4 Å². The van der Waals surface area contributed by atoms with Crippen molar-refractivity contribution in [1.82, 2.24) is 0 Å². The largest absolute Gasteiger partial charge is 0.513 e. The van der Waals surface area contributed by atoms with Gasteiger partial charge in [-0.1, -0.05) is 37.6 Å². The van der Waals surface area contributed by atoms with Crippen molar-refractivity contribution in [3.8, 4) is 17.4 Å². The molecule has 0 unspecified atom stereocenters. The number of allylic oxidation sites excluding steroid dienone is 2. The van der Waals surface area contributed by atoms with Gasteiger partial charge in [0.2, 0.25) is 5.76 Å². The number of furan rings is 1. The van der Waals surface area contributed by atoms with E-state index in [4.69, 9.17) is 18.7 Å². The number of hydrogen-bond donors (Lipinski definition) is 3. The Hall–Kier alpha value is -5.27. The Morgan fingerprint density at radius 3 is 2.54 bits per heavy atom. The van der Waals surface area contributed by atoms with Gasteiger partial charge in [-0.2, -0.15) is 0 Å². The van der Waals surface area contributed by atoms with E-state index in [2.05, 4.69) is 9.47 Å². The maximum absolute atomic E-state index is 12.4. The van der Waals surface area contributed by atoms with Crippen molar-refractivity contribution in [2.75, 3.05) is 13.7 Å². The second-order valence-electron chi connectivity index (χ2n) is 10.4. The lowest BCUT2D eigenvalue weighted by Gasteiger charge is -2.18. The smallest absolute Gasteiger partial charge is 0.507 e. The molecule has 13 heteroatoms. The molecule has 2 aromatic heterocycles. The van der Waals surface area contributed by atoms with Crippen molar-refractivity contribution in [1.29, 1.82) is 0 Å². The number of phenolic OH excluding ortho intramolecular Hbond substituents is 1. The number of ketones is 1. The Balaban J connectivity index is 1.51. The highest BCUT2D eigenvalue weighted by molar-refractivity contribution is 8.00. The van der Waals surface area contributed by atoms with Crippen LogP contribution in [0.3, 0.4) is 0 Å². The fourth-order valence-electron chi connectivity index (χ4n) is 4.69. The van der Waals surface area contributed by atoms with Crippen molar-refractivity contribution < 1.29 is 52.7 Å². The Morgan fingerprint density at radius 2 is 1.83 bits per heavy atom. The van der Waals surface area contributed by atoms with Crippen molar-refractivity contribution in [3.05, 3.63) is 106 Å². The second-order valence-corrected chi connectivity index (χ2v) is 11.6. The summed E-state index contributed by atoms with van der Waals surface area (Å²) in [6, 6.07) is 11.7. The van der Waals surface area contributed by atoms with Crippen LogP contribution in [0, 0.1) is 0 Å². The average molecular weight is 679 g/mol. The fraction of sp³-hybridized carbons (Fsp3) is 0.257. The molecule has 252 valence electrons. The van der Waals surface area contributed by atoms with Crippen LogP contribution in [0.1, 0.15) is 65.0 Å². The number of rotatable bonds is 15. The first-order valence-corrected chi connectivity index (χ1v) is 15.7. The van der Waals surface area contributed by atoms with Gasteiger partial charge < -0.3 is 38.4 Å². The van der Waals surface area contributed by atoms with Gasteiger partial charge in [0.1, 0.15) is 28.9 Å². The molecule has 0 amide bonds. The number of carbonyl (C=O) groups excluding carboxylic acids is 2. The van der Waals surface area contributed by atoms with Gasteiger partial charge in [0.25, 0.3) is 5.95 Å². The quantitative estimate of drug-likeness (QED) is 0.0390. The highest BCUT2D eigenvalue weighted by Crippen LogP contribution is 2.36. The predicted octanol–water partition coefficient (Wildman–Crippen LogP) is 6.87. The summed E-state index contributed by atoms with van der Waals surface area (Å²) in [6.07, 6.45) is 6.02. The number of aromatic hydroxyl groups is 1. The van der Waals surface area contributed by atoms with Crippen LogP contribution in [-0.4, -0.2) is 52.2 Å². The van der Waals surface area contributed by atoms with Gasteiger partial charge in [-0.25, -0.2) is 9.59 Å². The number of methoxy groups -OCH3 is 1. The highest BCUT2D eigenvalue weighted by atomic mass is 32.2. The number of esters is 1. The minimum Gasteiger partial charge on any atom is -0.507 e. The molecule has 48 heavy (non-hydrogen) atoms. The summed E-state index contributed by atoms with van der Waals surface area (Å²) in [7, 11) is 1.21. The molecular weight excluding hydrogens is 644 g/mol. The van der Waals surface area contributed by atoms with E-state index in [-0.39, 0.29) is 39.6 Å². The molecule has 0 saturated heterocycles. The first kappa shape index (κ1) is 35.6. The standard InChI is InChI=1S/C35H34O12S/c1-4-9-24-26(14-13-22(20(2)36)32(24)38)44-17-8-6-5-7-10-30(33(39)27-15-16-28(45-27)34(40)43-3)48-21-11-12-23-25(37)19-31(47-35(41)42)46-29(23)18-21/h5-7,10-16,18-19,30,33,38-39H,4,8-9,17H2,1-3H3,(H,41,42)/b6-5-,10-7+/t30-,33+/m0/s1. The Morgan fingerprint density at radius 1 is 1.04 bits per heavy atom. The maximum atomic E-state index is 12.4. The Labute approximate surface area is 279 Å². The first-order chi connectivity index (χ1) is 23.0. The minimum atomic E-state index is -1.63. The molecule has 2 atom stereocenters. The molecule has 4 rings (SSSR count). The van der Waals surface area contributed by atoms with Crippen LogP contribution in [-0.2, 0) is 11.2 Å². The number of carboxylic acid groups (broad SMARTS) is 1. The van der Waals surface area contributed by atoms with Crippen molar-refractivity contribution in [3.63, 3.8) is 0 Å². The number of aliphatic hydroxyl groups excluding tert-OH is 1. The van der Waals surface area contributed by atoms with E-state index < -0.39 is 34.9 Å². The van der Waals surface area contributed by atoms with Crippen LogP contribution in [0.15, 0.2) is 91.4 Å². The first-order valence-electron chi connectivity index (χ1n) is 14.9. The normalized spacial score (nSPS) is 12.8. The topological polar surface area (TPSA) is 183 Å². The average Bonchev–Trinajstić information content (AvgIpc) is 3.54. The monoisotopic (exact) mass is 678 g/mol. The minimum absolute atomic E-state index is 0.0553. The number of ether oxygens (including phenoxy) is 3. The van der Waals surface area contributed by atoms with E-state index >= 15 is 0 Å². The van der Waals surface area contributed by atoms with Crippen molar-refractivity contribution >= 4 is 40.6 Å². The molecule has 0 radical (unpaired) electrons. The van der Waals surface area contributed by atoms with Crippen molar-refractivity contribution in [2.24, 2.45) is 0 Å². The molecule has 2 aromatic carbocycles. The lowest BCUT2D eigenvalue weighted by molar-refractivity contribution is 0.0555. The second kappa shape index (κ2) is 16.5. The van der Waals surface area contributed by atoms with E-state index in [1.54, 1.807) is 36.4 Å². The van der Waals surface area contributed by atoms with Crippen LogP contribution in [0.4, 0.5) is 4.79 Å². The zero-order valence-corrected chi connectivity index (χ0v) is 27.2. The van der Waals surface area contributed by atoms with Gasteiger partial charge >= 0.3 is 12.1 Å². The summed E-state index contributed by atoms with van der Waals surface area (Å²) in [5, 5.41) is 30.2. The fourth-order valence-corrected chi connectivity index (χ4v) is 5.76. The van der Waals surface area contributed by atoms with Crippen LogP contribution in [0.5, 0.6) is 17.4 Å². The molecule has 0 aliphatic rings. The summed E-state index contributed by atoms with van der Waals surface area (Å²) >= 11 is 1.19. The van der Waals surface area contributed by atoms with Gasteiger partial charge in [-0.05, 0) is 62.2 Å². The van der Waals surface area contributed by atoms with E-state index in [0.29, 0.717) is 35.7 Å². The molecule has 3 N–H and O–H groups in total. The number of thioether (sulfide) groups is 1. The Kier molecular flexibility index (Phi) is 12.2. The molecular formula is C35H34O12S. The number of benzene rings is 2. The van der Waals surface area contributed by atoms with E-state index in [1.807, 2.05) is 13.0 Å². The third kappa shape index (κ3) is 8.96. The predicted molar refractivity (Wildman–Crippen MR) is 176 cm³/mol.